The topological polar surface area (TPSA) is 26.8 Å². The number of amides is 1. The van der Waals surface area contributed by atoms with E-state index in [4.69, 9.17) is 0 Å². The van der Waals surface area contributed by atoms with E-state index in [0.29, 0.717) is 13.1 Å². The smallest absolute Gasteiger partial charge is 0.236 e. The van der Waals surface area contributed by atoms with E-state index in [1.807, 2.05) is 24.1 Å². The summed E-state index contributed by atoms with van der Waals surface area (Å²) >= 11 is 0. The molecule has 156 valence electrons. The molecule has 1 heterocycles. The van der Waals surface area contributed by atoms with Crippen LogP contribution in [0.2, 0.25) is 0 Å². The second kappa shape index (κ2) is 10.5. The van der Waals surface area contributed by atoms with Crippen LogP contribution in [0.5, 0.6) is 0 Å². The van der Waals surface area contributed by atoms with Crippen molar-refractivity contribution in [2.45, 2.75) is 32.9 Å². The van der Waals surface area contributed by atoms with Gasteiger partial charge in [0, 0.05) is 33.2 Å². The van der Waals surface area contributed by atoms with Crippen molar-refractivity contribution in [3.8, 4) is 0 Å². The zero-order valence-electron chi connectivity index (χ0n) is 17.6. The van der Waals surface area contributed by atoms with Gasteiger partial charge in [-0.25, -0.2) is 4.39 Å². The minimum absolute atomic E-state index is 0.163. The predicted octanol–water partition coefficient (Wildman–Crippen LogP) is 3.55. The number of rotatable bonds is 7. The van der Waals surface area contributed by atoms with Gasteiger partial charge in [-0.1, -0.05) is 43.3 Å². The van der Waals surface area contributed by atoms with Crippen molar-refractivity contribution in [1.82, 2.24) is 14.7 Å². The first-order valence-corrected chi connectivity index (χ1v) is 10.5. The molecule has 4 nitrogen and oxygen atoms in total. The third-order valence-corrected chi connectivity index (χ3v) is 5.64. The van der Waals surface area contributed by atoms with Crippen LogP contribution in [0.3, 0.4) is 0 Å². The molecule has 1 saturated heterocycles. The fourth-order valence-corrected chi connectivity index (χ4v) is 3.74. The van der Waals surface area contributed by atoms with E-state index >= 15 is 0 Å². The van der Waals surface area contributed by atoms with Crippen molar-refractivity contribution in [2.75, 3.05) is 39.8 Å². The molecule has 0 aromatic heterocycles. The fourth-order valence-electron chi connectivity index (χ4n) is 3.74. The van der Waals surface area contributed by atoms with Crippen LogP contribution < -0.4 is 0 Å². The van der Waals surface area contributed by atoms with Crippen LogP contribution in [-0.2, 0) is 24.3 Å². The van der Waals surface area contributed by atoms with E-state index in [1.54, 1.807) is 0 Å². The number of benzene rings is 2. The van der Waals surface area contributed by atoms with E-state index in [0.717, 1.165) is 51.1 Å². The molecule has 0 unspecified atom stereocenters. The minimum atomic E-state index is -0.195. The summed E-state index contributed by atoms with van der Waals surface area (Å²) in [5, 5.41) is 0. The Balaban J connectivity index is 1.45. The van der Waals surface area contributed by atoms with Crippen molar-refractivity contribution in [2.24, 2.45) is 0 Å². The van der Waals surface area contributed by atoms with Crippen LogP contribution in [0.15, 0.2) is 48.5 Å². The molecule has 0 N–H and O–H groups in total. The average molecular weight is 398 g/mol. The highest BCUT2D eigenvalue weighted by molar-refractivity contribution is 5.78. The van der Waals surface area contributed by atoms with E-state index < -0.39 is 0 Å². The lowest BCUT2D eigenvalue weighted by Gasteiger charge is -2.24. The molecule has 0 saturated carbocycles. The van der Waals surface area contributed by atoms with E-state index in [9.17, 15) is 9.18 Å². The zero-order chi connectivity index (χ0) is 20.6. The molecule has 1 fully saturated rings. The molecular weight excluding hydrogens is 365 g/mol. The normalized spacial score (nSPS) is 15.8. The Morgan fingerprint density at radius 1 is 0.897 bits per heavy atom. The minimum Gasteiger partial charge on any atom is -0.340 e. The summed E-state index contributed by atoms with van der Waals surface area (Å²) in [6.07, 6.45) is 2.07. The maximum Gasteiger partial charge on any atom is 0.236 e. The number of nitrogens with zero attached hydrogens (tertiary/aromatic N) is 3. The molecule has 0 spiro atoms. The molecular formula is C24H32FN3O. The molecule has 5 heteroatoms. The largest absolute Gasteiger partial charge is 0.340 e. The maximum absolute atomic E-state index is 13.1. The van der Waals surface area contributed by atoms with Crippen LogP contribution in [0.4, 0.5) is 4.39 Å². The molecule has 2 aromatic rings. The summed E-state index contributed by atoms with van der Waals surface area (Å²) in [6, 6.07) is 15.2. The van der Waals surface area contributed by atoms with Crippen molar-refractivity contribution >= 4 is 5.91 Å². The van der Waals surface area contributed by atoms with Gasteiger partial charge in [0.15, 0.2) is 0 Å². The number of carbonyl (C=O) groups excluding carboxylic acids is 1. The third kappa shape index (κ3) is 6.65. The summed E-state index contributed by atoms with van der Waals surface area (Å²) in [7, 11) is 1.88. The van der Waals surface area contributed by atoms with Crippen LogP contribution in [0.25, 0.3) is 0 Å². The molecule has 29 heavy (non-hydrogen) atoms. The number of halogens is 1. The quantitative estimate of drug-likeness (QED) is 0.715. The van der Waals surface area contributed by atoms with Crippen molar-refractivity contribution < 1.29 is 9.18 Å². The zero-order valence-corrected chi connectivity index (χ0v) is 17.6. The first-order chi connectivity index (χ1) is 14.0. The van der Waals surface area contributed by atoms with E-state index in [1.165, 1.54) is 23.3 Å². The van der Waals surface area contributed by atoms with Gasteiger partial charge in [0.25, 0.3) is 0 Å². The first-order valence-electron chi connectivity index (χ1n) is 10.5. The van der Waals surface area contributed by atoms with Gasteiger partial charge in [-0.3, -0.25) is 14.6 Å². The van der Waals surface area contributed by atoms with E-state index in [2.05, 4.69) is 41.0 Å². The Morgan fingerprint density at radius 2 is 1.48 bits per heavy atom. The molecule has 3 rings (SSSR count). The molecule has 1 aliphatic heterocycles. The Labute approximate surface area is 173 Å². The number of likely N-dealkylation sites (N-methyl/N-ethyl adjacent to an activating group) is 1. The van der Waals surface area contributed by atoms with Crippen molar-refractivity contribution in [3.05, 3.63) is 71.0 Å². The van der Waals surface area contributed by atoms with Crippen LogP contribution in [-0.4, -0.2) is 60.4 Å². The van der Waals surface area contributed by atoms with Crippen molar-refractivity contribution in [1.29, 1.82) is 0 Å². The Bertz CT molecular complexity index is 776. The van der Waals surface area contributed by atoms with E-state index in [-0.39, 0.29) is 11.7 Å². The molecule has 0 radical (unpaired) electrons. The first kappa shape index (κ1) is 21.5. The fraction of sp³-hybridized carbons (Fsp3) is 0.458. The molecule has 0 aliphatic carbocycles. The lowest BCUT2D eigenvalue weighted by molar-refractivity contribution is -0.131. The van der Waals surface area contributed by atoms with Crippen LogP contribution in [0, 0.1) is 5.82 Å². The van der Waals surface area contributed by atoms with Crippen LogP contribution >= 0.6 is 0 Å². The lowest BCUT2D eigenvalue weighted by Crippen LogP contribution is -2.39. The maximum atomic E-state index is 13.1. The Morgan fingerprint density at radius 3 is 2.17 bits per heavy atom. The number of carbonyl (C=O) groups is 1. The predicted molar refractivity (Wildman–Crippen MR) is 115 cm³/mol. The summed E-state index contributed by atoms with van der Waals surface area (Å²) in [5.74, 6) is -0.0312. The second-order valence-electron chi connectivity index (χ2n) is 7.95. The number of hydrogen-bond donors (Lipinski definition) is 0. The Kier molecular flexibility index (Phi) is 7.78. The standard InChI is InChI=1S/C24H32FN3O/c1-3-20-5-7-21(8-6-20)17-26(2)24(29)19-28-14-4-13-27(15-16-28)18-22-9-11-23(25)12-10-22/h5-12H,3-4,13-19H2,1-2H3. The highest BCUT2D eigenvalue weighted by Crippen LogP contribution is 2.11. The van der Waals surface area contributed by atoms with Gasteiger partial charge in [0.1, 0.15) is 5.82 Å². The lowest BCUT2D eigenvalue weighted by atomic mass is 10.1. The van der Waals surface area contributed by atoms with Gasteiger partial charge in [-0.15, -0.1) is 0 Å². The number of hydrogen-bond acceptors (Lipinski definition) is 3. The van der Waals surface area contributed by atoms with Gasteiger partial charge in [0.05, 0.1) is 6.54 Å². The summed E-state index contributed by atoms with van der Waals surface area (Å²) in [5.41, 5.74) is 3.61. The number of aryl methyl sites for hydroxylation is 1. The van der Waals surface area contributed by atoms with Gasteiger partial charge < -0.3 is 4.90 Å². The van der Waals surface area contributed by atoms with Crippen LogP contribution in [0.1, 0.15) is 30.0 Å². The molecule has 1 amide bonds. The SMILES string of the molecule is CCc1ccc(CN(C)C(=O)CN2CCCN(Cc3ccc(F)cc3)CC2)cc1. The summed E-state index contributed by atoms with van der Waals surface area (Å²) in [4.78, 5) is 19.2. The highest BCUT2D eigenvalue weighted by Gasteiger charge is 2.19. The summed E-state index contributed by atoms with van der Waals surface area (Å²) < 4.78 is 13.1. The summed E-state index contributed by atoms with van der Waals surface area (Å²) in [6.45, 7) is 7.83. The third-order valence-electron chi connectivity index (χ3n) is 5.64. The molecule has 0 bridgehead atoms. The van der Waals surface area contributed by atoms with Crippen molar-refractivity contribution in [3.63, 3.8) is 0 Å². The second-order valence-corrected chi connectivity index (χ2v) is 7.95. The van der Waals surface area contributed by atoms with Gasteiger partial charge in [0.2, 0.25) is 5.91 Å². The van der Waals surface area contributed by atoms with Gasteiger partial charge in [-0.05, 0) is 54.8 Å². The monoisotopic (exact) mass is 397 g/mol. The Hall–Kier alpha value is -2.24. The molecule has 1 aliphatic rings. The van der Waals surface area contributed by atoms with Gasteiger partial charge in [-0.2, -0.15) is 0 Å². The average Bonchev–Trinajstić information content (AvgIpc) is 2.95. The molecule has 2 aromatic carbocycles. The highest BCUT2D eigenvalue weighted by atomic mass is 19.1. The molecule has 0 atom stereocenters. The van der Waals surface area contributed by atoms with Gasteiger partial charge >= 0.3 is 0 Å².